The van der Waals surface area contributed by atoms with Crippen molar-refractivity contribution in [3.05, 3.63) is 109 Å². The quantitative estimate of drug-likeness (QED) is 0.0283. The summed E-state index contributed by atoms with van der Waals surface area (Å²) in [7, 11) is 1.25. The Bertz CT molecular complexity index is 1270. The first-order chi connectivity index (χ1) is 27.0. The molecule has 0 aliphatic carbocycles. The van der Waals surface area contributed by atoms with Crippen LogP contribution < -0.4 is 10.2 Å². The summed E-state index contributed by atoms with van der Waals surface area (Å²) in [6.07, 6.45) is 54.8. The number of phosphoric acid groups is 1. The molecule has 0 heterocycles. The van der Waals surface area contributed by atoms with E-state index in [0.29, 0.717) is 23.9 Å². The Morgan fingerprint density at radius 2 is 1.09 bits per heavy atom. The zero-order valence-corrected chi connectivity index (χ0v) is 36.7. The van der Waals surface area contributed by atoms with Crippen molar-refractivity contribution in [2.45, 2.75) is 142 Å². The number of quaternary nitrogens is 1. The van der Waals surface area contributed by atoms with Crippen molar-refractivity contribution in [2.24, 2.45) is 0 Å². The normalized spacial score (nSPS) is 15.5. The maximum Gasteiger partial charge on any atom is 0.268 e. The summed E-state index contributed by atoms with van der Waals surface area (Å²) in [5.41, 5.74) is 0. The van der Waals surface area contributed by atoms with Crippen LogP contribution in [0.3, 0.4) is 0 Å². The van der Waals surface area contributed by atoms with Crippen LogP contribution in [-0.4, -0.2) is 68.5 Å². The van der Waals surface area contributed by atoms with E-state index in [4.69, 9.17) is 9.05 Å². The average molecular weight is 799 g/mol. The number of phosphoric ester groups is 1. The average Bonchev–Trinajstić information content (AvgIpc) is 3.15. The fraction of sp³-hybridized carbons (Fsp3) is 0.596. The molecule has 3 unspecified atom stereocenters. The zero-order chi connectivity index (χ0) is 41.4. The number of aliphatic hydroxyl groups is 1. The highest BCUT2D eigenvalue weighted by Crippen LogP contribution is 2.38. The minimum absolute atomic E-state index is 0.00329. The molecule has 0 aromatic carbocycles. The molecule has 0 aliphatic heterocycles. The van der Waals surface area contributed by atoms with E-state index in [1.165, 1.54) is 0 Å². The van der Waals surface area contributed by atoms with Crippen LogP contribution in [0, 0.1) is 0 Å². The van der Waals surface area contributed by atoms with Crippen molar-refractivity contribution >= 4 is 13.7 Å². The lowest BCUT2D eigenvalue weighted by Gasteiger charge is -2.30. The summed E-state index contributed by atoms with van der Waals surface area (Å²) in [6, 6.07) is -0.822. The van der Waals surface area contributed by atoms with Crippen molar-refractivity contribution < 1.29 is 32.9 Å². The van der Waals surface area contributed by atoms with Crippen LogP contribution in [0.25, 0.3) is 0 Å². The minimum atomic E-state index is -4.56. The maximum absolute atomic E-state index is 12.7. The summed E-state index contributed by atoms with van der Waals surface area (Å²) in [5, 5.41) is 13.5. The van der Waals surface area contributed by atoms with Crippen LogP contribution in [0.2, 0.25) is 0 Å². The molecular weight excluding hydrogens is 719 g/mol. The topological polar surface area (TPSA) is 108 Å². The van der Waals surface area contributed by atoms with Crippen LogP contribution in [0.1, 0.15) is 129 Å². The number of nitrogens with zero attached hydrogens (tertiary/aromatic N) is 1. The molecule has 0 saturated carbocycles. The first kappa shape index (κ1) is 53.2. The zero-order valence-electron chi connectivity index (χ0n) is 35.8. The highest BCUT2D eigenvalue weighted by Gasteiger charge is 2.24. The van der Waals surface area contributed by atoms with Gasteiger partial charge in [0.2, 0.25) is 5.91 Å². The van der Waals surface area contributed by atoms with Crippen molar-refractivity contribution in [1.29, 1.82) is 0 Å². The van der Waals surface area contributed by atoms with E-state index in [-0.39, 0.29) is 19.1 Å². The number of rotatable bonds is 36. The van der Waals surface area contributed by atoms with Crippen LogP contribution >= 0.6 is 7.82 Å². The molecule has 8 nitrogen and oxygen atoms in total. The Kier molecular flexibility index (Phi) is 35.8. The SMILES string of the molecule is CC/C=C\C/C=C\C/C=C\C/C=C\C/C=C\C/C=C\C/C=C\C/C=C\C/C=C\CCCCCC(=O)NC(COP(=O)([O-])OCC[N+](C)(C)C)C(O)CCCCC. The molecule has 2 N–H and O–H groups in total. The summed E-state index contributed by atoms with van der Waals surface area (Å²) in [4.78, 5) is 24.9. The summed E-state index contributed by atoms with van der Waals surface area (Å²) in [6.45, 7) is 4.36. The lowest BCUT2D eigenvalue weighted by molar-refractivity contribution is -0.870. The van der Waals surface area contributed by atoms with Gasteiger partial charge in [-0.15, -0.1) is 0 Å². The molecule has 3 atom stereocenters. The predicted molar refractivity (Wildman–Crippen MR) is 237 cm³/mol. The first-order valence-corrected chi connectivity index (χ1v) is 22.7. The van der Waals surface area contributed by atoms with Crippen molar-refractivity contribution in [3.63, 3.8) is 0 Å². The highest BCUT2D eigenvalue weighted by atomic mass is 31.2. The molecule has 0 rings (SSSR count). The smallest absolute Gasteiger partial charge is 0.268 e. The Morgan fingerprint density at radius 3 is 1.52 bits per heavy atom. The number of likely N-dealkylation sites (N-methyl/N-ethyl adjacent to an activating group) is 1. The summed E-state index contributed by atoms with van der Waals surface area (Å²) < 4.78 is 22.9. The number of carbonyl (C=O) groups excluding carboxylic acids is 1. The lowest BCUT2D eigenvalue weighted by Crippen LogP contribution is -2.46. The predicted octanol–water partition coefficient (Wildman–Crippen LogP) is 11.1. The van der Waals surface area contributed by atoms with Crippen LogP contribution in [-0.2, 0) is 18.4 Å². The second-order valence-corrected chi connectivity index (χ2v) is 16.4. The molecule has 0 saturated heterocycles. The highest BCUT2D eigenvalue weighted by molar-refractivity contribution is 7.45. The fourth-order valence-electron chi connectivity index (χ4n) is 5.15. The van der Waals surface area contributed by atoms with Gasteiger partial charge >= 0.3 is 0 Å². The van der Waals surface area contributed by atoms with Gasteiger partial charge in [-0.2, -0.15) is 0 Å². The largest absolute Gasteiger partial charge is 0.756 e. The number of aliphatic hydroxyl groups excluding tert-OH is 1. The molecule has 0 aromatic heterocycles. The van der Waals surface area contributed by atoms with E-state index in [1.54, 1.807) is 0 Å². The molecule has 318 valence electrons. The molecule has 1 amide bonds. The van der Waals surface area contributed by atoms with E-state index in [2.05, 4.69) is 129 Å². The van der Waals surface area contributed by atoms with Gasteiger partial charge in [0.25, 0.3) is 7.82 Å². The van der Waals surface area contributed by atoms with Gasteiger partial charge in [-0.1, -0.05) is 149 Å². The minimum Gasteiger partial charge on any atom is -0.756 e. The number of unbranched alkanes of at least 4 members (excludes halogenated alkanes) is 5. The molecular formula is C47H79N2O6P. The Hall–Kier alpha value is -2.84. The molecule has 0 aliphatic rings. The number of amides is 1. The van der Waals surface area contributed by atoms with Crippen molar-refractivity contribution in [3.8, 4) is 0 Å². The van der Waals surface area contributed by atoms with Gasteiger partial charge in [0, 0.05) is 6.42 Å². The third kappa shape index (κ3) is 39.4. The second-order valence-electron chi connectivity index (χ2n) is 15.0. The summed E-state index contributed by atoms with van der Waals surface area (Å²) >= 11 is 0. The number of hydrogen-bond acceptors (Lipinski definition) is 6. The molecule has 0 radical (unpaired) electrons. The van der Waals surface area contributed by atoms with Gasteiger partial charge in [-0.25, -0.2) is 0 Å². The number of nitrogens with one attached hydrogen (secondary N) is 1. The Morgan fingerprint density at radius 1 is 0.643 bits per heavy atom. The molecule has 0 fully saturated rings. The monoisotopic (exact) mass is 799 g/mol. The lowest BCUT2D eigenvalue weighted by atomic mass is 10.0. The van der Waals surface area contributed by atoms with E-state index < -0.39 is 20.0 Å². The van der Waals surface area contributed by atoms with Gasteiger partial charge in [-0.3, -0.25) is 9.36 Å². The van der Waals surface area contributed by atoms with Gasteiger partial charge in [0.1, 0.15) is 13.2 Å². The third-order valence-corrected chi connectivity index (χ3v) is 9.49. The van der Waals surface area contributed by atoms with Crippen LogP contribution in [0.5, 0.6) is 0 Å². The molecule has 0 spiro atoms. The first-order valence-electron chi connectivity index (χ1n) is 21.2. The van der Waals surface area contributed by atoms with E-state index >= 15 is 0 Å². The Balaban J connectivity index is 4.08. The van der Waals surface area contributed by atoms with Gasteiger partial charge in [-0.05, 0) is 83.5 Å². The molecule has 0 aromatic rings. The molecule has 56 heavy (non-hydrogen) atoms. The number of allylic oxidation sites excluding steroid dienone is 18. The maximum atomic E-state index is 12.7. The molecule has 9 heteroatoms. The number of hydrogen-bond donors (Lipinski definition) is 2. The van der Waals surface area contributed by atoms with Gasteiger partial charge < -0.3 is 28.8 Å². The number of carbonyl (C=O) groups is 1. The van der Waals surface area contributed by atoms with Crippen LogP contribution in [0.4, 0.5) is 0 Å². The van der Waals surface area contributed by atoms with E-state index in [0.717, 1.165) is 103 Å². The van der Waals surface area contributed by atoms with Crippen LogP contribution in [0.15, 0.2) is 109 Å². The van der Waals surface area contributed by atoms with E-state index in [9.17, 15) is 19.4 Å². The Labute approximate surface area is 342 Å². The van der Waals surface area contributed by atoms with Gasteiger partial charge in [0.05, 0.1) is 39.9 Å². The van der Waals surface area contributed by atoms with Crippen molar-refractivity contribution in [1.82, 2.24) is 5.32 Å². The molecule has 0 bridgehead atoms. The summed E-state index contributed by atoms with van der Waals surface area (Å²) in [5.74, 6) is -0.216. The third-order valence-electron chi connectivity index (χ3n) is 8.53. The van der Waals surface area contributed by atoms with Crippen molar-refractivity contribution in [2.75, 3.05) is 40.9 Å². The second kappa shape index (κ2) is 37.7. The standard InChI is InChI=1S/C47H79N2O6P/c1-6-8-10-11-12-13-14-15-16-17-18-19-20-21-22-23-24-25-26-27-28-29-30-31-32-33-34-35-36-37-39-41-47(51)48-45(46(50)40-38-9-7-2)44-55-56(52,53)54-43-42-49(3,4)5/h8,10,12-13,15-16,18-19,21-22,24-25,27-28,30-31,33-34,45-46,50H,6-7,9,11,14,17,20,23,26,29,32,35-44H2,1-5H3,(H-,48,51,52,53)/b10-8-,13-12-,16-15-,19-18-,22-21-,25-24-,28-27-,31-30-,34-33-. The fourth-order valence-corrected chi connectivity index (χ4v) is 5.87. The van der Waals surface area contributed by atoms with Gasteiger partial charge in [0.15, 0.2) is 0 Å². The van der Waals surface area contributed by atoms with E-state index in [1.807, 2.05) is 21.1 Å².